The largest absolute Gasteiger partial charge is 0.489 e. The molecule has 6 heteroatoms. The number of hydrogen-bond acceptors (Lipinski definition) is 3. The molecule has 1 heterocycles. The Morgan fingerprint density at radius 1 is 1.11 bits per heavy atom. The van der Waals surface area contributed by atoms with Crippen molar-refractivity contribution in [2.45, 2.75) is 19.4 Å². The molecule has 0 fully saturated rings. The van der Waals surface area contributed by atoms with E-state index in [0.717, 1.165) is 16.7 Å². The van der Waals surface area contributed by atoms with Crippen molar-refractivity contribution in [1.29, 1.82) is 0 Å². The Bertz CT molecular complexity index is 944. The molecule has 0 atom stereocenters. The zero-order valence-corrected chi connectivity index (χ0v) is 15.1. The van der Waals surface area contributed by atoms with Gasteiger partial charge in [0.2, 0.25) is 0 Å². The molecule has 0 aliphatic heterocycles. The molecule has 0 saturated carbocycles. The second kappa shape index (κ2) is 8.64. The maximum absolute atomic E-state index is 13.7. The summed E-state index contributed by atoms with van der Waals surface area (Å²) in [5.74, 6) is -0.561. The van der Waals surface area contributed by atoms with Gasteiger partial charge >= 0.3 is 5.97 Å². The molecule has 4 nitrogen and oxygen atoms in total. The van der Waals surface area contributed by atoms with Gasteiger partial charge in [-0.25, -0.2) is 4.39 Å². The summed E-state index contributed by atoms with van der Waals surface area (Å²) in [5.41, 5.74) is 3.17. The standard InChI is InChI=1S/C21H17ClFNO3/c22-17-9-15(11-24-12-17)20-7-4-18(23)10-16(20)13-27-19-5-1-14(2-6-19)3-8-21(25)26/h1-2,4-7,9-12H,3,8,13H2,(H,25,26). The normalized spacial score (nSPS) is 10.6. The molecule has 0 bridgehead atoms. The van der Waals surface area contributed by atoms with Crippen LogP contribution >= 0.6 is 11.6 Å². The molecular weight excluding hydrogens is 369 g/mol. The first-order valence-corrected chi connectivity index (χ1v) is 8.72. The van der Waals surface area contributed by atoms with Crippen LogP contribution in [-0.4, -0.2) is 16.1 Å². The van der Waals surface area contributed by atoms with Gasteiger partial charge < -0.3 is 9.84 Å². The average Bonchev–Trinajstić information content (AvgIpc) is 2.65. The van der Waals surface area contributed by atoms with Gasteiger partial charge in [-0.2, -0.15) is 0 Å². The minimum absolute atomic E-state index is 0.0839. The van der Waals surface area contributed by atoms with Gasteiger partial charge in [-0.3, -0.25) is 9.78 Å². The average molecular weight is 386 g/mol. The minimum atomic E-state index is -0.829. The molecule has 3 rings (SSSR count). The lowest BCUT2D eigenvalue weighted by atomic mass is 10.0. The predicted molar refractivity (Wildman–Crippen MR) is 101 cm³/mol. The topological polar surface area (TPSA) is 59.4 Å². The SMILES string of the molecule is O=C(O)CCc1ccc(OCc2cc(F)ccc2-c2cncc(Cl)c2)cc1. The zero-order valence-electron chi connectivity index (χ0n) is 14.4. The van der Waals surface area contributed by atoms with Crippen molar-refractivity contribution >= 4 is 17.6 Å². The molecule has 138 valence electrons. The maximum atomic E-state index is 13.7. The van der Waals surface area contributed by atoms with E-state index in [4.69, 9.17) is 21.4 Å². The van der Waals surface area contributed by atoms with Crippen LogP contribution in [0, 0.1) is 5.82 Å². The molecule has 0 unspecified atom stereocenters. The number of halogens is 2. The Kier molecular flexibility index (Phi) is 6.04. The van der Waals surface area contributed by atoms with Gasteiger partial charge in [0.15, 0.2) is 0 Å². The first-order valence-electron chi connectivity index (χ1n) is 8.34. The fourth-order valence-electron chi connectivity index (χ4n) is 2.69. The molecule has 0 amide bonds. The number of nitrogens with zero attached hydrogens (tertiary/aromatic N) is 1. The van der Waals surface area contributed by atoms with Crippen molar-refractivity contribution in [1.82, 2.24) is 4.98 Å². The monoisotopic (exact) mass is 385 g/mol. The Morgan fingerprint density at radius 2 is 1.89 bits per heavy atom. The number of ether oxygens (including phenoxy) is 1. The summed E-state index contributed by atoms with van der Waals surface area (Å²) in [7, 11) is 0. The Labute approximate surface area is 161 Å². The van der Waals surface area contributed by atoms with Crippen LogP contribution in [0.4, 0.5) is 4.39 Å². The highest BCUT2D eigenvalue weighted by Gasteiger charge is 2.09. The van der Waals surface area contributed by atoms with Crippen molar-refractivity contribution in [3.05, 3.63) is 82.9 Å². The van der Waals surface area contributed by atoms with Crippen molar-refractivity contribution in [3.8, 4) is 16.9 Å². The molecule has 0 radical (unpaired) electrons. The van der Waals surface area contributed by atoms with E-state index >= 15 is 0 Å². The van der Waals surface area contributed by atoms with Crippen molar-refractivity contribution in [2.24, 2.45) is 0 Å². The molecule has 2 aromatic carbocycles. The summed E-state index contributed by atoms with van der Waals surface area (Å²) >= 11 is 6.01. The molecule has 0 saturated heterocycles. The number of aromatic nitrogens is 1. The second-order valence-electron chi connectivity index (χ2n) is 6.02. The lowest BCUT2D eigenvalue weighted by Crippen LogP contribution is -2.00. The van der Waals surface area contributed by atoms with Gasteiger partial charge in [0.25, 0.3) is 0 Å². The van der Waals surface area contributed by atoms with Gasteiger partial charge in [0.1, 0.15) is 18.2 Å². The molecule has 0 spiro atoms. The number of carboxylic acids is 1. The summed E-state index contributed by atoms with van der Waals surface area (Å²) < 4.78 is 19.5. The van der Waals surface area contributed by atoms with Gasteiger partial charge in [-0.1, -0.05) is 29.8 Å². The molecule has 0 aliphatic carbocycles. The highest BCUT2D eigenvalue weighted by atomic mass is 35.5. The van der Waals surface area contributed by atoms with E-state index in [2.05, 4.69) is 4.98 Å². The Balaban J connectivity index is 1.74. The summed E-state index contributed by atoms with van der Waals surface area (Å²) in [4.78, 5) is 14.7. The summed E-state index contributed by atoms with van der Waals surface area (Å²) in [6, 6.07) is 13.5. The highest BCUT2D eigenvalue weighted by molar-refractivity contribution is 6.30. The van der Waals surface area contributed by atoms with Crippen molar-refractivity contribution in [3.63, 3.8) is 0 Å². The number of rotatable bonds is 7. The molecule has 27 heavy (non-hydrogen) atoms. The molecular formula is C21H17ClFNO3. The van der Waals surface area contributed by atoms with Gasteiger partial charge in [-0.05, 0) is 47.9 Å². The minimum Gasteiger partial charge on any atom is -0.489 e. The maximum Gasteiger partial charge on any atom is 0.303 e. The molecule has 3 aromatic rings. The fraction of sp³-hybridized carbons (Fsp3) is 0.143. The van der Waals surface area contributed by atoms with Crippen LogP contribution in [0.25, 0.3) is 11.1 Å². The quantitative estimate of drug-likeness (QED) is 0.612. The highest BCUT2D eigenvalue weighted by Crippen LogP contribution is 2.27. The number of carbonyl (C=O) groups is 1. The number of carboxylic acid groups (broad SMARTS) is 1. The fourth-order valence-corrected chi connectivity index (χ4v) is 2.86. The van der Waals surface area contributed by atoms with Crippen LogP contribution in [0.1, 0.15) is 17.5 Å². The Morgan fingerprint density at radius 3 is 2.59 bits per heavy atom. The van der Waals surface area contributed by atoms with Crippen LogP contribution in [0.5, 0.6) is 5.75 Å². The summed E-state index contributed by atoms with van der Waals surface area (Å²) in [6.45, 7) is 0.175. The summed E-state index contributed by atoms with van der Waals surface area (Å²) in [6.07, 6.45) is 3.75. The van der Waals surface area contributed by atoms with Gasteiger partial charge in [-0.15, -0.1) is 0 Å². The van der Waals surface area contributed by atoms with Gasteiger partial charge in [0, 0.05) is 29.9 Å². The van der Waals surface area contributed by atoms with Crippen LogP contribution in [0.2, 0.25) is 5.02 Å². The van der Waals surface area contributed by atoms with E-state index in [1.54, 1.807) is 30.5 Å². The Hall–Kier alpha value is -2.92. The number of aliphatic carboxylic acids is 1. The van der Waals surface area contributed by atoms with Crippen LogP contribution < -0.4 is 4.74 Å². The third-order valence-corrected chi connectivity index (χ3v) is 4.24. The third kappa shape index (κ3) is 5.28. The predicted octanol–water partition coefficient (Wildman–Crippen LogP) is 5.14. The third-order valence-electron chi connectivity index (χ3n) is 4.03. The number of pyridine rings is 1. The lowest BCUT2D eigenvalue weighted by molar-refractivity contribution is -0.136. The molecule has 1 N–H and O–H groups in total. The lowest BCUT2D eigenvalue weighted by Gasteiger charge is -2.12. The smallest absolute Gasteiger partial charge is 0.303 e. The van der Waals surface area contributed by atoms with E-state index < -0.39 is 5.97 Å². The van der Waals surface area contributed by atoms with Crippen LogP contribution in [-0.2, 0) is 17.8 Å². The number of aryl methyl sites for hydroxylation is 1. The second-order valence-corrected chi connectivity index (χ2v) is 6.46. The molecule has 0 aliphatic rings. The van der Waals surface area contributed by atoms with Crippen LogP contribution in [0.3, 0.4) is 0 Å². The summed E-state index contributed by atoms with van der Waals surface area (Å²) in [5, 5.41) is 9.23. The number of hydrogen-bond donors (Lipinski definition) is 1. The van der Waals surface area contributed by atoms with E-state index in [9.17, 15) is 9.18 Å². The van der Waals surface area contributed by atoms with E-state index in [1.807, 2.05) is 12.1 Å². The van der Waals surface area contributed by atoms with E-state index in [0.29, 0.717) is 22.8 Å². The first kappa shape index (κ1) is 18.9. The van der Waals surface area contributed by atoms with E-state index in [1.165, 1.54) is 18.3 Å². The van der Waals surface area contributed by atoms with Gasteiger partial charge in [0.05, 0.1) is 5.02 Å². The molecule has 1 aromatic heterocycles. The zero-order chi connectivity index (χ0) is 19.2. The van der Waals surface area contributed by atoms with Crippen molar-refractivity contribution < 1.29 is 19.0 Å². The number of benzene rings is 2. The first-order chi connectivity index (χ1) is 13.0. The van der Waals surface area contributed by atoms with Crippen molar-refractivity contribution in [2.75, 3.05) is 0 Å². The van der Waals surface area contributed by atoms with Crippen LogP contribution in [0.15, 0.2) is 60.9 Å². The van der Waals surface area contributed by atoms with E-state index in [-0.39, 0.29) is 18.8 Å².